The van der Waals surface area contributed by atoms with Crippen molar-refractivity contribution in [3.05, 3.63) is 48.7 Å². The van der Waals surface area contributed by atoms with Gasteiger partial charge >= 0.3 is 0 Å². The number of nitrogens with zero attached hydrogens (tertiary/aromatic N) is 2. The average molecular weight is 496 g/mol. The molecule has 10 heteroatoms. The second kappa shape index (κ2) is 12.9. The molecule has 0 amide bonds. The number of hydrogen-bond donors (Lipinski definition) is 3. The van der Waals surface area contributed by atoms with E-state index in [1.807, 2.05) is 42.5 Å². The summed E-state index contributed by atoms with van der Waals surface area (Å²) in [5, 5.41) is 3.22. The molecular formula is C26H33N5O5. The normalized spacial score (nSPS) is 13.8. The van der Waals surface area contributed by atoms with Crippen LogP contribution in [0.5, 0.6) is 17.2 Å². The highest BCUT2D eigenvalue weighted by Gasteiger charge is 2.17. The molecule has 0 bridgehead atoms. The Bertz CT molecular complexity index is 1120. The number of hydrogen-bond acceptors (Lipinski definition) is 10. The molecule has 1 fully saturated rings. The Hall–Kier alpha value is -3.60. The van der Waals surface area contributed by atoms with Gasteiger partial charge in [-0.25, -0.2) is 9.97 Å². The maximum atomic E-state index is 6.29. The predicted molar refractivity (Wildman–Crippen MR) is 138 cm³/mol. The number of anilines is 3. The number of nitrogen functional groups attached to an aromatic ring is 1. The zero-order valence-electron chi connectivity index (χ0n) is 20.4. The molecule has 1 aromatic heterocycles. The first-order chi connectivity index (χ1) is 17.7. The van der Waals surface area contributed by atoms with E-state index in [9.17, 15) is 0 Å². The van der Waals surface area contributed by atoms with Crippen molar-refractivity contribution in [1.82, 2.24) is 9.97 Å². The van der Waals surface area contributed by atoms with Crippen molar-refractivity contribution in [2.24, 2.45) is 5.73 Å². The van der Waals surface area contributed by atoms with Crippen LogP contribution in [-0.4, -0.2) is 62.8 Å². The van der Waals surface area contributed by atoms with Crippen LogP contribution in [0.1, 0.15) is 12.8 Å². The maximum Gasteiger partial charge on any atom is 0.227 e. The van der Waals surface area contributed by atoms with E-state index < -0.39 is 0 Å². The lowest BCUT2D eigenvalue weighted by Gasteiger charge is -2.24. The van der Waals surface area contributed by atoms with Crippen LogP contribution in [0.25, 0.3) is 11.3 Å². The van der Waals surface area contributed by atoms with E-state index in [-0.39, 0.29) is 6.10 Å². The molecule has 0 saturated carbocycles. The fourth-order valence-electron chi connectivity index (χ4n) is 3.76. The smallest absolute Gasteiger partial charge is 0.227 e. The summed E-state index contributed by atoms with van der Waals surface area (Å²) in [7, 11) is 1.59. The van der Waals surface area contributed by atoms with Gasteiger partial charge < -0.3 is 40.5 Å². The minimum absolute atomic E-state index is 0.125. The van der Waals surface area contributed by atoms with Gasteiger partial charge in [-0.05, 0) is 36.4 Å². The molecule has 0 aliphatic carbocycles. The Balaban J connectivity index is 1.41. The number of methoxy groups -OCH3 is 1. The fourth-order valence-corrected chi connectivity index (χ4v) is 3.76. The fraction of sp³-hybridized carbons (Fsp3) is 0.385. The van der Waals surface area contributed by atoms with Gasteiger partial charge in [-0.15, -0.1) is 0 Å². The molecule has 0 unspecified atom stereocenters. The molecule has 0 radical (unpaired) electrons. The Morgan fingerprint density at radius 2 is 1.83 bits per heavy atom. The average Bonchev–Trinajstić information content (AvgIpc) is 2.91. The second-order valence-electron chi connectivity index (χ2n) is 8.19. The third kappa shape index (κ3) is 6.97. The van der Waals surface area contributed by atoms with Crippen molar-refractivity contribution in [2.45, 2.75) is 18.9 Å². The highest BCUT2D eigenvalue weighted by atomic mass is 16.5. The Morgan fingerprint density at radius 1 is 1.00 bits per heavy atom. The number of aromatic nitrogens is 2. The highest BCUT2D eigenvalue weighted by Crippen LogP contribution is 2.32. The standard InChI is InChI=1S/C26H33N5O5/c1-32-25-17-19(3-5-24(25)35-15-14-34-13-9-27)30-26-29-10-6-22(31-26)18-2-4-23(21(28)16-18)36-20-7-11-33-12-8-20/h2-6,10,16-17,20H,7-9,11-15,27-28H2,1H3,(H,29,30,31). The third-order valence-electron chi connectivity index (χ3n) is 5.59. The van der Waals surface area contributed by atoms with Crippen molar-refractivity contribution in [3.63, 3.8) is 0 Å². The Labute approximate surface area is 210 Å². The van der Waals surface area contributed by atoms with Gasteiger partial charge in [-0.2, -0.15) is 0 Å². The lowest BCUT2D eigenvalue weighted by Crippen LogP contribution is -2.26. The van der Waals surface area contributed by atoms with Crippen molar-refractivity contribution in [3.8, 4) is 28.5 Å². The number of nitrogens with two attached hydrogens (primary N) is 2. The summed E-state index contributed by atoms with van der Waals surface area (Å²) in [6, 6.07) is 13.1. The molecule has 4 rings (SSSR count). The molecule has 1 aliphatic heterocycles. The minimum atomic E-state index is 0.125. The molecule has 2 aromatic carbocycles. The molecule has 3 aromatic rings. The van der Waals surface area contributed by atoms with Gasteiger partial charge in [0.1, 0.15) is 18.5 Å². The molecule has 36 heavy (non-hydrogen) atoms. The SMILES string of the molecule is COc1cc(Nc2nccc(-c3ccc(OC4CCOCC4)c(N)c3)n2)ccc1OCCOCCN. The van der Waals surface area contributed by atoms with Crippen molar-refractivity contribution < 1.29 is 23.7 Å². The minimum Gasteiger partial charge on any atom is -0.493 e. The van der Waals surface area contributed by atoms with Gasteiger partial charge in [0.05, 0.1) is 44.9 Å². The van der Waals surface area contributed by atoms with Gasteiger partial charge in [0, 0.05) is 42.9 Å². The van der Waals surface area contributed by atoms with Crippen LogP contribution in [-0.2, 0) is 9.47 Å². The topological polar surface area (TPSA) is 136 Å². The summed E-state index contributed by atoms with van der Waals surface area (Å²) in [6.07, 6.45) is 3.55. The van der Waals surface area contributed by atoms with Crippen LogP contribution < -0.4 is 31.0 Å². The van der Waals surface area contributed by atoms with Crippen molar-refractivity contribution in [1.29, 1.82) is 0 Å². The number of nitrogens with one attached hydrogen (secondary N) is 1. The van der Waals surface area contributed by atoms with Crippen LogP contribution in [0.3, 0.4) is 0 Å². The van der Waals surface area contributed by atoms with Crippen LogP contribution in [0, 0.1) is 0 Å². The zero-order chi connectivity index (χ0) is 25.2. The summed E-state index contributed by atoms with van der Waals surface area (Å²) in [5.41, 5.74) is 14.6. The lowest BCUT2D eigenvalue weighted by atomic mass is 10.1. The summed E-state index contributed by atoms with van der Waals surface area (Å²) < 4.78 is 28.0. The van der Waals surface area contributed by atoms with E-state index in [0.29, 0.717) is 68.5 Å². The Kier molecular flexibility index (Phi) is 9.15. The third-order valence-corrected chi connectivity index (χ3v) is 5.59. The van der Waals surface area contributed by atoms with Crippen molar-refractivity contribution >= 4 is 17.3 Å². The largest absolute Gasteiger partial charge is 0.493 e. The number of benzene rings is 2. The number of rotatable bonds is 12. The maximum absolute atomic E-state index is 6.29. The molecule has 1 saturated heterocycles. The van der Waals surface area contributed by atoms with E-state index in [4.69, 9.17) is 35.2 Å². The van der Waals surface area contributed by atoms with Crippen LogP contribution in [0.2, 0.25) is 0 Å². The molecule has 0 atom stereocenters. The quantitative estimate of drug-likeness (QED) is 0.253. The second-order valence-corrected chi connectivity index (χ2v) is 8.19. The van der Waals surface area contributed by atoms with E-state index in [1.54, 1.807) is 13.3 Å². The predicted octanol–water partition coefficient (Wildman–Crippen LogP) is 3.39. The summed E-state index contributed by atoms with van der Waals surface area (Å²) in [5.74, 6) is 2.33. The van der Waals surface area contributed by atoms with Crippen LogP contribution in [0.4, 0.5) is 17.3 Å². The van der Waals surface area contributed by atoms with Crippen molar-refractivity contribution in [2.75, 3.05) is 57.7 Å². The van der Waals surface area contributed by atoms with Gasteiger partial charge in [-0.1, -0.05) is 0 Å². The molecule has 5 N–H and O–H groups in total. The van der Waals surface area contributed by atoms with E-state index in [2.05, 4.69) is 15.3 Å². The van der Waals surface area contributed by atoms with Gasteiger partial charge in [0.2, 0.25) is 5.95 Å². The molecule has 1 aliphatic rings. The molecule has 192 valence electrons. The van der Waals surface area contributed by atoms with Gasteiger partial charge in [0.15, 0.2) is 11.5 Å². The first kappa shape index (κ1) is 25.5. The lowest BCUT2D eigenvalue weighted by molar-refractivity contribution is 0.0259. The first-order valence-electron chi connectivity index (χ1n) is 12.0. The van der Waals surface area contributed by atoms with Crippen LogP contribution >= 0.6 is 0 Å². The molecule has 0 spiro atoms. The van der Waals surface area contributed by atoms with Crippen LogP contribution in [0.15, 0.2) is 48.7 Å². The van der Waals surface area contributed by atoms with E-state index >= 15 is 0 Å². The monoisotopic (exact) mass is 495 g/mol. The Morgan fingerprint density at radius 3 is 2.61 bits per heavy atom. The highest BCUT2D eigenvalue weighted by molar-refractivity contribution is 5.69. The summed E-state index contributed by atoms with van der Waals surface area (Å²) >= 11 is 0. The molecule has 10 nitrogen and oxygen atoms in total. The van der Waals surface area contributed by atoms with E-state index in [1.165, 1.54) is 0 Å². The summed E-state index contributed by atoms with van der Waals surface area (Å²) in [6.45, 7) is 3.26. The molecular weight excluding hydrogens is 462 g/mol. The summed E-state index contributed by atoms with van der Waals surface area (Å²) in [4.78, 5) is 8.99. The number of ether oxygens (including phenoxy) is 5. The van der Waals surface area contributed by atoms with Gasteiger partial charge in [0.25, 0.3) is 0 Å². The zero-order valence-corrected chi connectivity index (χ0v) is 20.4. The molecule has 2 heterocycles. The van der Waals surface area contributed by atoms with E-state index in [0.717, 1.165) is 29.8 Å². The first-order valence-corrected chi connectivity index (χ1v) is 12.0. The van der Waals surface area contributed by atoms with Gasteiger partial charge in [-0.3, -0.25) is 0 Å².